The first-order chi connectivity index (χ1) is 7.30. The minimum atomic E-state index is -4.43. The lowest BCUT2D eigenvalue weighted by Gasteiger charge is -2.10. The van der Waals surface area contributed by atoms with E-state index in [4.69, 9.17) is 5.11 Å². The van der Waals surface area contributed by atoms with Crippen LogP contribution in [-0.4, -0.2) is 16.2 Å². The lowest BCUT2D eigenvalue weighted by atomic mass is 10.0. The Morgan fingerprint density at radius 2 is 1.75 bits per heavy atom. The minimum absolute atomic E-state index is 0.149. The Hall–Kier alpha value is -1.56. The molecule has 16 heavy (non-hydrogen) atoms. The summed E-state index contributed by atoms with van der Waals surface area (Å²) in [5.74, 6) is -1.22. The van der Waals surface area contributed by atoms with Crippen LogP contribution in [0.5, 0.6) is 0 Å². The highest BCUT2D eigenvalue weighted by Gasteiger charge is 2.30. The van der Waals surface area contributed by atoms with Gasteiger partial charge in [0.2, 0.25) is 0 Å². The first kappa shape index (κ1) is 12.5. The van der Waals surface area contributed by atoms with Gasteiger partial charge in [0.05, 0.1) is 18.1 Å². The predicted octanol–water partition coefficient (Wildman–Crippen LogP) is 2.21. The van der Waals surface area contributed by atoms with Crippen molar-refractivity contribution in [3.63, 3.8) is 0 Å². The average Bonchev–Trinajstić information content (AvgIpc) is 2.15. The molecular formula is C10H9F3O3. The minimum Gasteiger partial charge on any atom is -0.481 e. The number of alkyl halides is 3. The second-order valence-corrected chi connectivity index (χ2v) is 3.23. The van der Waals surface area contributed by atoms with Crippen molar-refractivity contribution in [3.8, 4) is 0 Å². The van der Waals surface area contributed by atoms with Gasteiger partial charge in [0.1, 0.15) is 0 Å². The molecule has 0 saturated carbocycles. The quantitative estimate of drug-likeness (QED) is 0.842. The molecule has 0 radical (unpaired) electrons. The molecule has 0 aromatic heterocycles. The van der Waals surface area contributed by atoms with Crippen molar-refractivity contribution in [2.45, 2.75) is 18.7 Å². The molecule has 3 nitrogen and oxygen atoms in total. The molecule has 1 aromatic carbocycles. The summed E-state index contributed by atoms with van der Waals surface area (Å²) in [4.78, 5) is 10.3. The molecule has 2 N–H and O–H groups in total. The third kappa shape index (κ3) is 3.23. The largest absolute Gasteiger partial charge is 0.481 e. The standard InChI is InChI=1S/C10H9F3O3/c11-10(12,13)7-3-1-6(2-4-7)8(14)5-9(15)16/h1-4,8,14H,5H2,(H,15,16)/t8-/m0/s1. The predicted molar refractivity (Wildman–Crippen MR) is 48.7 cm³/mol. The summed E-state index contributed by atoms with van der Waals surface area (Å²) in [5, 5.41) is 17.7. The van der Waals surface area contributed by atoms with E-state index >= 15 is 0 Å². The van der Waals surface area contributed by atoms with Crippen LogP contribution in [-0.2, 0) is 11.0 Å². The number of carbonyl (C=O) groups is 1. The molecule has 0 aliphatic heterocycles. The van der Waals surface area contributed by atoms with Gasteiger partial charge in [0.25, 0.3) is 0 Å². The summed E-state index contributed by atoms with van der Waals surface area (Å²) >= 11 is 0. The van der Waals surface area contributed by atoms with Crippen LogP contribution >= 0.6 is 0 Å². The fourth-order valence-corrected chi connectivity index (χ4v) is 1.18. The van der Waals surface area contributed by atoms with Gasteiger partial charge in [0, 0.05) is 0 Å². The number of aliphatic hydroxyl groups excluding tert-OH is 1. The average molecular weight is 234 g/mol. The Kier molecular flexibility index (Phi) is 3.54. The molecule has 0 amide bonds. The molecule has 0 unspecified atom stereocenters. The van der Waals surface area contributed by atoms with Gasteiger partial charge in [0.15, 0.2) is 0 Å². The molecule has 1 rings (SSSR count). The van der Waals surface area contributed by atoms with Gasteiger partial charge in [-0.15, -0.1) is 0 Å². The van der Waals surface area contributed by atoms with Crippen molar-refractivity contribution in [1.29, 1.82) is 0 Å². The van der Waals surface area contributed by atoms with Gasteiger partial charge in [-0.2, -0.15) is 13.2 Å². The number of rotatable bonds is 3. The molecule has 88 valence electrons. The van der Waals surface area contributed by atoms with Gasteiger partial charge in [-0.25, -0.2) is 0 Å². The van der Waals surface area contributed by atoms with Gasteiger partial charge in [-0.3, -0.25) is 4.79 Å². The van der Waals surface area contributed by atoms with Crippen LogP contribution in [0.25, 0.3) is 0 Å². The summed E-state index contributed by atoms with van der Waals surface area (Å²) in [6, 6.07) is 3.74. The Morgan fingerprint density at radius 3 is 2.12 bits per heavy atom. The fraction of sp³-hybridized carbons (Fsp3) is 0.300. The van der Waals surface area contributed by atoms with E-state index in [-0.39, 0.29) is 5.56 Å². The number of carboxylic acid groups (broad SMARTS) is 1. The summed E-state index contributed by atoms with van der Waals surface area (Å²) in [7, 11) is 0. The van der Waals surface area contributed by atoms with Gasteiger partial charge in [-0.05, 0) is 17.7 Å². The maximum absolute atomic E-state index is 12.2. The lowest BCUT2D eigenvalue weighted by molar-refractivity contribution is -0.140. The molecule has 0 heterocycles. The Balaban J connectivity index is 2.83. The zero-order chi connectivity index (χ0) is 12.3. The number of hydrogen-bond acceptors (Lipinski definition) is 2. The van der Waals surface area contributed by atoms with Crippen molar-refractivity contribution in [2.75, 3.05) is 0 Å². The van der Waals surface area contributed by atoms with Crippen LogP contribution in [0.4, 0.5) is 13.2 Å². The van der Waals surface area contributed by atoms with Crippen LogP contribution in [0.3, 0.4) is 0 Å². The van der Waals surface area contributed by atoms with Crippen molar-refractivity contribution in [2.24, 2.45) is 0 Å². The second-order valence-electron chi connectivity index (χ2n) is 3.23. The molecule has 0 bridgehead atoms. The summed E-state index contributed by atoms with van der Waals surface area (Å²) < 4.78 is 36.5. The Labute approximate surface area is 89.1 Å². The van der Waals surface area contributed by atoms with Gasteiger partial charge in [-0.1, -0.05) is 12.1 Å². The van der Waals surface area contributed by atoms with Crippen molar-refractivity contribution >= 4 is 5.97 Å². The third-order valence-electron chi connectivity index (χ3n) is 1.99. The van der Waals surface area contributed by atoms with E-state index in [2.05, 4.69) is 0 Å². The highest BCUT2D eigenvalue weighted by Crippen LogP contribution is 2.30. The topological polar surface area (TPSA) is 57.5 Å². The van der Waals surface area contributed by atoms with Gasteiger partial charge < -0.3 is 10.2 Å². The van der Waals surface area contributed by atoms with Crippen LogP contribution in [0.2, 0.25) is 0 Å². The van der Waals surface area contributed by atoms with Crippen molar-refractivity contribution in [3.05, 3.63) is 35.4 Å². The van der Waals surface area contributed by atoms with E-state index in [0.717, 1.165) is 24.3 Å². The number of halogens is 3. The maximum Gasteiger partial charge on any atom is 0.416 e. The zero-order valence-electron chi connectivity index (χ0n) is 8.03. The third-order valence-corrected chi connectivity index (χ3v) is 1.99. The van der Waals surface area contributed by atoms with Crippen LogP contribution in [0.15, 0.2) is 24.3 Å². The Bertz CT molecular complexity index is 370. The van der Waals surface area contributed by atoms with E-state index in [1.165, 1.54) is 0 Å². The number of hydrogen-bond donors (Lipinski definition) is 2. The molecular weight excluding hydrogens is 225 g/mol. The number of benzene rings is 1. The number of aliphatic hydroxyl groups is 1. The molecule has 0 fully saturated rings. The fourth-order valence-electron chi connectivity index (χ4n) is 1.18. The lowest BCUT2D eigenvalue weighted by Crippen LogP contribution is -2.07. The molecule has 1 aromatic rings. The zero-order valence-corrected chi connectivity index (χ0v) is 8.03. The first-order valence-electron chi connectivity index (χ1n) is 4.37. The summed E-state index contributed by atoms with van der Waals surface area (Å²) in [5.41, 5.74) is -0.686. The normalized spacial score (nSPS) is 13.5. The molecule has 0 aliphatic rings. The SMILES string of the molecule is O=C(O)C[C@H](O)c1ccc(C(F)(F)F)cc1. The molecule has 1 atom stereocenters. The molecule has 0 aliphatic carbocycles. The number of aliphatic carboxylic acids is 1. The van der Waals surface area contributed by atoms with E-state index in [9.17, 15) is 23.1 Å². The molecule has 0 spiro atoms. The van der Waals surface area contributed by atoms with Crippen molar-refractivity contribution < 1.29 is 28.2 Å². The van der Waals surface area contributed by atoms with Crippen molar-refractivity contribution in [1.82, 2.24) is 0 Å². The van der Waals surface area contributed by atoms with E-state index in [0.29, 0.717) is 0 Å². The second kappa shape index (κ2) is 4.52. The summed E-state index contributed by atoms with van der Waals surface area (Å²) in [6.45, 7) is 0. The highest BCUT2D eigenvalue weighted by molar-refractivity contribution is 5.67. The maximum atomic E-state index is 12.2. The van der Waals surface area contributed by atoms with Gasteiger partial charge >= 0.3 is 12.1 Å². The van der Waals surface area contributed by atoms with E-state index in [1.54, 1.807) is 0 Å². The highest BCUT2D eigenvalue weighted by atomic mass is 19.4. The smallest absolute Gasteiger partial charge is 0.416 e. The number of carboxylic acids is 1. The van der Waals surface area contributed by atoms with E-state index < -0.39 is 30.2 Å². The van der Waals surface area contributed by atoms with Crippen LogP contribution < -0.4 is 0 Å². The first-order valence-corrected chi connectivity index (χ1v) is 4.37. The summed E-state index contributed by atoms with van der Waals surface area (Å²) in [6.07, 6.45) is -6.26. The van der Waals surface area contributed by atoms with Crippen LogP contribution in [0.1, 0.15) is 23.7 Å². The molecule has 6 heteroatoms. The van der Waals surface area contributed by atoms with Crippen LogP contribution in [0, 0.1) is 0 Å². The monoisotopic (exact) mass is 234 g/mol. The van der Waals surface area contributed by atoms with E-state index in [1.807, 2.05) is 0 Å². The Morgan fingerprint density at radius 1 is 1.25 bits per heavy atom. The molecule has 0 saturated heterocycles.